The molecule has 0 saturated carbocycles. The number of benzene rings is 2. The zero-order valence-electron chi connectivity index (χ0n) is 28.0. The van der Waals surface area contributed by atoms with E-state index in [1.165, 1.54) is 0 Å². The van der Waals surface area contributed by atoms with E-state index in [0.717, 1.165) is 84.1 Å². The molecule has 48 heavy (non-hydrogen) atoms. The Balaban J connectivity index is 1.04. The molecule has 0 amide bonds. The minimum Gasteiger partial charge on any atom is -0.493 e. The average molecular weight is 661 g/mol. The van der Waals surface area contributed by atoms with Gasteiger partial charge in [0.1, 0.15) is 0 Å². The molecule has 2 aromatic heterocycles. The number of unbranched alkanes of at least 4 members (excludes halogenated alkanes) is 4. The summed E-state index contributed by atoms with van der Waals surface area (Å²) in [6.07, 6.45) is 10.6. The Morgan fingerprint density at radius 2 is 0.979 bits per heavy atom. The van der Waals surface area contributed by atoms with Gasteiger partial charge in [0.05, 0.1) is 52.7 Å². The van der Waals surface area contributed by atoms with Crippen LogP contribution in [0.4, 0.5) is 11.4 Å². The molecule has 0 aliphatic heterocycles. The van der Waals surface area contributed by atoms with Crippen LogP contribution in [0, 0.1) is 0 Å². The molecule has 0 aliphatic carbocycles. The molecule has 0 unspecified atom stereocenters. The van der Waals surface area contributed by atoms with Crippen molar-refractivity contribution in [3.05, 3.63) is 60.9 Å². The van der Waals surface area contributed by atoms with Crippen molar-refractivity contribution in [2.45, 2.75) is 38.5 Å². The molecule has 0 aliphatic rings. The quantitative estimate of drug-likeness (QED) is 0.0623. The average Bonchev–Trinajstić information content (AvgIpc) is 3.11. The number of methoxy groups -OCH3 is 4. The fourth-order valence-electron chi connectivity index (χ4n) is 5.09. The molecular formula is C36H44N4O8. The molecule has 0 bridgehead atoms. The number of rotatable bonds is 20. The van der Waals surface area contributed by atoms with Crippen molar-refractivity contribution in [1.29, 1.82) is 0 Å². The third-order valence-corrected chi connectivity index (χ3v) is 7.61. The second-order valence-electron chi connectivity index (χ2n) is 10.8. The Labute approximate surface area is 280 Å². The molecule has 0 saturated heterocycles. The summed E-state index contributed by atoms with van der Waals surface area (Å²) < 4.78 is 32.0. The summed E-state index contributed by atoms with van der Waals surface area (Å²) in [7, 11) is 6.41. The Bertz CT molecular complexity index is 1570. The first-order chi connectivity index (χ1) is 23.5. The van der Waals surface area contributed by atoms with Crippen molar-refractivity contribution in [3.8, 4) is 23.0 Å². The summed E-state index contributed by atoms with van der Waals surface area (Å²) in [5.74, 6) is 1.42. The van der Waals surface area contributed by atoms with Crippen LogP contribution in [0.2, 0.25) is 0 Å². The van der Waals surface area contributed by atoms with Gasteiger partial charge >= 0.3 is 11.9 Å². The van der Waals surface area contributed by atoms with Gasteiger partial charge in [-0.2, -0.15) is 0 Å². The summed E-state index contributed by atoms with van der Waals surface area (Å²) >= 11 is 0. The van der Waals surface area contributed by atoms with Gasteiger partial charge in [-0.15, -0.1) is 0 Å². The second kappa shape index (κ2) is 18.8. The first-order valence-corrected chi connectivity index (χ1v) is 16.0. The number of pyridine rings is 2. The fourth-order valence-corrected chi connectivity index (χ4v) is 5.09. The summed E-state index contributed by atoms with van der Waals surface area (Å²) in [6.45, 7) is 2.05. The van der Waals surface area contributed by atoms with Crippen LogP contribution < -0.4 is 29.6 Å². The van der Waals surface area contributed by atoms with Gasteiger partial charge in [0, 0.05) is 71.9 Å². The lowest BCUT2D eigenvalue weighted by molar-refractivity contribution is -0.140. The van der Waals surface area contributed by atoms with Crippen LogP contribution >= 0.6 is 0 Å². The van der Waals surface area contributed by atoms with Gasteiger partial charge in [-0.05, 0) is 62.8 Å². The van der Waals surface area contributed by atoms with Gasteiger partial charge in [0.15, 0.2) is 23.0 Å². The minimum absolute atomic E-state index is 0.276. The van der Waals surface area contributed by atoms with E-state index < -0.39 is 11.9 Å². The van der Waals surface area contributed by atoms with E-state index >= 15 is 0 Å². The number of aromatic nitrogens is 2. The van der Waals surface area contributed by atoms with Crippen LogP contribution in [0.15, 0.2) is 60.9 Å². The summed E-state index contributed by atoms with van der Waals surface area (Å²) in [5.41, 5.74) is 3.54. The number of nitrogens with one attached hydrogen (secondary N) is 2. The molecule has 256 valence electrons. The van der Waals surface area contributed by atoms with Crippen LogP contribution in [0.3, 0.4) is 0 Å². The summed E-state index contributed by atoms with van der Waals surface area (Å²) in [4.78, 5) is 32.8. The lowest BCUT2D eigenvalue weighted by Gasteiger charge is -2.13. The van der Waals surface area contributed by atoms with Gasteiger partial charge in [0.25, 0.3) is 0 Å². The normalized spacial score (nSPS) is 11.0. The number of hydrogen-bond donors (Lipinski definition) is 2. The molecule has 0 radical (unpaired) electrons. The molecule has 12 nitrogen and oxygen atoms in total. The van der Waals surface area contributed by atoms with Crippen molar-refractivity contribution in [2.75, 3.05) is 65.4 Å². The highest BCUT2D eigenvalue weighted by atomic mass is 16.5. The van der Waals surface area contributed by atoms with Gasteiger partial charge < -0.3 is 39.1 Å². The highest BCUT2D eigenvalue weighted by Gasteiger charge is 2.11. The maximum absolute atomic E-state index is 12.0. The van der Waals surface area contributed by atoms with Crippen molar-refractivity contribution in [1.82, 2.24) is 9.97 Å². The van der Waals surface area contributed by atoms with E-state index in [9.17, 15) is 9.59 Å². The molecule has 2 aromatic carbocycles. The standard InChI is InChI=1S/C36H44N4O8/c1-43-31-21-25-27(13-17-39-29(25)23-33(31)45-3)37-15-7-5-9-19-47-35(41)11-12-36(42)48-20-10-6-8-16-38-28-14-18-40-30-24-34(46-4)32(44-2)22-26(28)30/h11-14,17-18,21-24H,5-10,15-16,19-20H2,1-4H3,(H,37,39)(H,38,40)/b12-11-. The monoisotopic (exact) mass is 660 g/mol. The SMILES string of the molecule is COc1cc2nccc(NCCCCCOC(=O)/C=C\C(=O)OCCCCCNc3ccnc4cc(OC)c(OC)cc34)c2cc1OC. The van der Waals surface area contributed by atoms with Crippen molar-refractivity contribution in [2.24, 2.45) is 0 Å². The molecule has 0 spiro atoms. The number of carbonyl (C=O) groups excluding carboxylic acids is 2. The maximum atomic E-state index is 12.0. The van der Waals surface area contributed by atoms with E-state index in [-0.39, 0.29) is 13.2 Å². The minimum atomic E-state index is -0.566. The predicted octanol–water partition coefficient (Wildman–Crippen LogP) is 6.32. The maximum Gasteiger partial charge on any atom is 0.331 e. The van der Waals surface area contributed by atoms with E-state index in [0.29, 0.717) is 35.8 Å². The predicted molar refractivity (Wildman–Crippen MR) is 185 cm³/mol. The zero-order valence-corrected chi connectivity index (χ0v) is 28.0. The van der Waals surface area contributed by atoms with Crippen LogP contribution in [0.1, 0.15) is 38.5 Å². The number of esters is 2. The van der Waals surface area contributed by atoms with Gasteiger partial charge in [-0.3, -0.25) is 9.97 Å². The van der Waals surface area contributed by atoms with E-state index in [4.69, 9.17) is 28.4 Å². The van der Waals surface area contributed by atoms with Crippen LogP contribution in [0.25, 0.3) is 21.8 Å². The number of fused-ring (bicyclic) bond motifs is 2. The van der Waals surface area contributed by atoms with Crippen molar-refractivity contribution >= 4 is 45.1 Å². The highest BCUT2D eigenvalue weighted by Crippen LogP contribution is 2.35. The van der Waals surface area contributed by atoms with Crippen molar-refractivity contribution in [3.63, 3.8) is 0 Å². The van der Waals surface area contributed by atoms with E-state index in [1.807, 2.05) is 36.4 Å². The molecular weight excluding hydrogens is 616 g/mol. The Hall–Kier alpha value is -5.26. The Kier molecular flexibility index (Phi) is 13.9. The fraction of sp³-hybridized carbons (Fsp3) is 0.389. The summed E-state index contributed by atoms with van der Waals surface area (Å²) in [5, 5.41) is 8.77. The zero-order chi connectivity index (χ0) is 34.1. The number of carbonyl (C=O) groups is 2. The van der Waals surface area contributed by atoms with E-state index in [2.05, 4.69) is 20.6 Å². The molecule has 2 N–H and O–H groups in total. The largest absolute Gasteiger partial charge is 0.493 e. The first kappa shape index (κ1) is 35.6. The topological polar surface area (TPSA) is 139 Å². The number of hydrogen-bond acceptors (Lipinski definition) is 12. The third kappa shape index (κ3) is 10.1. The van der Waals surface area contributed by atoms with Crippen molar-refractivity contribution < 1.29 is 38.0 Å². The smallest absolute Gasteiger partial charge is 0.331 e. The molecule has 12 heteroatoms. The lowest BCUT2D eigenvalue weighted by atomic mass is 10.1. The van der Waals surface area contributed by atoms with Crippen LogP contribution in [-0.2, 0) is 19.1 Å². The number of anilines is 2. The van der Waals surface area contributed by atoms with Crippen LogP contribution in [0.5, 0.6) is 23.0 Å². The molecule has 4 aromatic rings. The lowest BCUT2D eigenvalue weighted by Crippen LogP contribution is -2.07. The summed E-state index contributed by atoms with van der Waals surface area (Å²) in [6, 6.07) is 11.4. The van der Waals surface area contributed by atoms with Gasteiger partial charge in [-0.1, -0.05) is 0 Å². The number of nitrogens with zero attached hydrogens (tertiary/aromatic N) is 2. The molecule has 2 heterocycles. The van der Waals surface area contributed by atoms with Gasteiger partial charge in [0.2, 0.25) is 0 Å². The Morgan fingerprint density at radius 1 is 0.583 bits per heavy atom. The molecule has 4 rings (SSSR count). The number of ether oxygens (including phenoxy) is 6. The highest BCUT2D eigenvalue weighted by molar-refractivity contribution is 5.94. The van der Waals surface area contributed by atoms with E-state index in [1.54, 1.807) is 40.8 Å². The second-order valence-corrected chi connectivity index (χ2v) is 10.8. The van der Waals surface area contributed by atoms with Gasteiger partial charge in [-0.25, -0.2) is 9.59 Å². The first-order valence-electron chi connectivity index (χ1n) is 16.0. The molecule has 0 fully saturated rings. The van der Waals surface area contributed by atoms with Crippen LogP contribution in [-0.4, -0.2) is 76.6 Å². The third-order valence-electron chi connectivity index (χ3n) is 7.61. The molecule has 0 atom stereocenters. The Morgan fingerprint density at radius 3 is 1.38 bits per heavy atom.